The van der Waals surface area contributed by atoms with E-state index >= 15 is 0 Å². The number of hydrogen-bond donors (Lipinski definition) is 2. The van der Waals surface area contributed by atoms with Gasteiger partial charge in [0.1, 0.15) is 6.10 Å². The lowest BCUT2D eigenvalue weighted by molar-refractivity contribution is -0.120. The molecule has 1 saturated heterocycles. The number of carbonyl (C=O) groups is 2. The molecule has 0 atom stereocenters. The van der Waals surface area contributed by atoms with Crippen LogP contribution in [-0.2, 0) is 9.53 Å². The molecule has 2 N–H and O–H groups in total. The van der Waals surface area contributed by atoms with Gasteiger partial charge < -0.3 is 15.0 Å². The van der Waals surface area contributed by atoms with Crippen molar-refractivity contribution in [2.45, 2.75) is 60.0 Å². The Morgan fingerprint density at radius 3 is 2.44 bits per heavy atom. The molecule has 9 heteroatoms. The van der Waals surface area contributed by atoms with E-state index in [1.807, 2.05) is 58.2 Å². The lowest BCUT2D eigenvalue weighted by Crippen LogP contribution is -2.40. The summed E-state index contributed by atoms with van der Waals surface area (Å²) in [6.45, 7) is 19.3. The molecule has 39 heavy (non-hydrogen) atoms. The second kappa shape index (κ2) is 18.7. The van der Waals surface area contributed by atoms with Gasteiger partial charge in [0, 0.05) is 31.1 Å². The molecular weight excluding hydrogens is 553 g/mol. The number of amides is 2. The Hall–Kier alpha value is -2.58. The second-order valence-corrected chi connectivity index (χ2v) is 10.6. The largest absolute Gasteiger partial charge is 0.446 e. The number of anilines is 1. The maximum atomic E-state index is 12.6. The fraction of sp³-hybridized carbons (Fsp3) is 0.400. The maximum Gasteiger partial charge on any atom is 0.411 e. The van der Waals surface area contributed by atoms with Gasteiger partial charge in [-0.25, -0.2) is 4.79 Å². The summed E-state index contributed by atoms with van der Waals surface area (Å²) in [5.41, 5.74) is 3.06. The van der Waals surface area contributed by atoms with Gasteiger partial charge in [-0.15, -0.1) is 11.3 Å². The second-order valence-electron chi connectivity index (χ2n) is 8.77. The van der Waals surface area contributed by atoms with Gasteiger partial charge in [0.2, 0.25) is 5.91 Å². The topological polar surface area (TPSA) is 70.7 Å². The van der Waals surface area contributed by atoms with E-state index in [1.165, 1.54) is 11.3 Å². The Labute approximate surface area is 247 Å². The Balaban J connectivity index is 0.00000371. The molecule has 0 saturated carbocycles. The Morgan fingerprint density at radius 1 is 1.21 bits per heavy atom. The predicted molar refractivity (Wildman–Crippen MR) is 168 cm³/mol. The molecular formula is C30H41Cl2N3O3S. The van der Waals surface area contributed by atoms with Crippen molar-refractivity contribution in [2.24, 2.45) is 0 Å². The van der Waals surface area contributed by atoms with Crippen molar-refractivity contribution in [1.82, 2.24) is 10.2 Å². The van der Waals surface area contributed by atoms with E-state index in [0.717, 1.165) is 29.1 Å². The Kier molecular flexibility index (Phi) is 16.5. The highest BCUT2D eigenvalue weighted by molar-refractivity contribution is 7.11. The fourth-order valence-electron chi connectivity index (χ4n) is 3.72. The molecule has 1 aliphatic rings. The van der Waals surface area contributed by atoms with Crippen molar-refractivity contribution in [3.63, 3.8) is 0 Å². The molecule has 0 aliphatic carbocycles. The van der Waals surface area contributed by atoms with E-state index in [9.17, 15) is 9.59 Å². The van der Waals surface area contributed by atoms with Crippen LogP contribution in [0.25, 0.3) is 5.57 Å². The summed E-state index contributed by atoms with van der Waals surface area (Å²) in [5.74, 6) is -0.122. The number of thiophene rings is 1. The zero-order valence-electron chi connectivity index (χ0n) is 23.6. The molecule has 2 rings (SSSR count). The molecule has 0 spiro atoms. The predicted octanol–water partition coefficient (Wildman–Crippen LogP) is 8.61. The lowest BCUT2D eigenvalue weighted by Gasteiger charge is -2.31. The third kappa shape index (κ3) is 12.9. The number of rotatable bonds is 11. The Morgan fingerprint density at radius 2 is 1.87 bits per heavy atom. The van der Waals surface area contributed by atoms with Gasteiger partial charge in [0.15, 0.2) is 0 Å². The van der Waals surface area contributed by atoms with Crippen molar-refractivity contribution < 1.29 is 14.3 Å². The number of likely N-dealkylation sites (tertiary alicyclic amines) is 1. The molecule has 1 aliphatic heterocycles. The number of allylic oxidation sites excluding steroid dienone is 9. The van der Waals surface area contributed by atoms with Crippen LogP contribution in [-0.4, -0.2) is 42.6 Å². The summed E-state index contributed by atoms with van der Waals surface area (Å²) in [4.78, 5) is 28.0. The normalized spacial score (nSPS) is 15.0. The zero-order valence-corrected chi connectivity index (χ0v) is 25.9. The van der Waals surface area contributed by atoms with Gasteiger partial charge >= 0.3 is 6.09 Å². The van der Waals surface area contributed by atoms with Gasteiger partial charge in [-0.2, -0.15) is 0 Å². The minimum Gasteiger partial charge on any atom is -0.446 e. The van der Waals surface area contributed by atoms with E-state index in [4.69, 9.17) is 27.9 Å². The number of nitrogens with zero attached hydrogens (tertiary/aromatic N) is 1. The summed E-state index contributed by atoms with van der Waals surface area (Å²) in [6, 6.07) is 1.84. The van der Waals surface area contributed by atoms with Gasteiger partial charge in [0.25, 0.3) is 0 Å². The van der Waals surface area contributed by atoms with Crippen LogP contribution in [0.3, 0.4) is 0 Å². The minimum atomic E-state index is -0.487. The van der Waals surface area contributed by atoms with Gasteiger partial charge in [-0.05, 0) is 68.9 Å². The van der Waals surface area contributed by atoms with Crippen molar-refractivity contribution in [3.05, 3.63) is 81.2 Å². The van der Waals surface area contributed by atoms with Crippen LogP contribution in [0.5, 0.6) is 0 Å². The summed E-state index contributed by atoms with van der Waals surface area (Å²) in [6.07, 6.45) is 9.96. The van der Waals surface area contributed by atoms with Gasteiger partial charge in [0.05, 0.1) is 21.3 Å². The first-order valence-electron chi connectivity index (χ1n) is 13.1. The quantitative estimate of drug-likeness (QED) is 0.252. The molecule has 1 aromatic heterocycles. The van der Waals surface area contributed by atoms with Crippen LogP contribution >= 0.6 is 34.5 Å². The molecule has 2 amide bonds. The van der Waals surface area contributed by atoms with Crippen LogP contribution < -0.4 is 10.6 Å². The molecule has 2 heterocycles. The van der Waals surface area contributed by atoms with E-state index in [2.05, 4.69) is 28.7 Å². The molecule has 0 bridgehead atoms. The van der Waals surface area contributed by atoms with Crippen molar-refractivity contribution in [1.29, 1.82) is 0 Å². The first kappa shape index (κ1) is 34.4. The summed E-state index contributed by atoms with van der Waals surface area (Å²) >= 11 is 13.7. The number of carbonyl (C=O) groups excluding carboxylic acids is 2. The first-order valence-corrected chi connectivity index (χ1v) is 14.7. The third-order valence-corrected chi connectivity index (χ3v) is 6.82. The number of halogens is 2. The zero-order chi connectivity index (χ0) is 29.4. The standard InChI is InChI=1S/C28H35Cl2N3O3S.C2H6/c1-6-8-21(18-20(5)29)27-25(12-16-37-27)32-28(35)36-22-9-13-33(14-10-22)15-11-26(34)31-24(7-2)23(30)17-19(3)4;1-2/h6-8,12,16-18,22H,2,5,9-11,13-15H2,1,3-4H3,(H,31,34)(H,32,35);1-2H3/b8-6-,21-18+,24-23-;. The molecule has 0 unspecified atom stereocenters. The van der Waals surface area contributed by atoms with Crippen molar-refractivity contribution in [2.75, 3.05) is 25.0 Å². The highest BCUT2D eigenvalue weighted by Crippen LogP contribution is 2.32. The smallest absolute Gasteiger partial charge is 0.411 e. The number of ether oxygens (including phenoxy) is 1. The molecule has 0 radical (unpaired) electrons. The third-order valence-electron chi connectivity index (χ3n) is 5.44. The molecule has 1 fully saturated rings. The van der Waals surface area contributed by atoms with Crippen molar-refractivity contribution >= 4 is 57.8 Å². The van der Waals surface area contributed by atoms with Crippen LogP contribution in [0.2, 0.25) is 0 Å². The van der Waals surface area contributed by atoms with Crippen LogP contribution in [0.15, 0.2) is 76.3 Å². The highest BCUT2D eigenvalue weighted by atomic mass is 35.5. The van der Waals surface area contributed by atoms with Gasteiger partial charge in [-0.3, -0.25) is 10.1 Å². The van der Waals surface area contributed by atoms with Crippen molar-refractivity contribution in [3.8, 4) is 0 Å². The van der Waals surface area contributed by atoms with Crippen LogP contribution in [0.1, 0.15) is 58.8 Å². The van der Waals surface area contributed by atoms with E-state index < -0.39 is 6.09 Å². The minimum absolute atomic E-state index is 0.122. The first-order chi connectivity index (χ1) is 18.6. The SMILES string of the molecule is C=C/C(NC(=O)CCN1CCC(OC(=O)Nc2ccsc2C(/C=C\C)=C/C(=C)Cl)CC1)=C(/Cl)C=C(C)C.CC. The number of nitrogens with one attached hydrogen (secondary N) is 2. The summed E-state index contributed by atoms with van der Waals surface area (Å²) in [7, 11) is 0. The van der Waals surface area contributed by atoms with Crippen LogP contribution in [0, 0.1) is 0 Å². The molecule has 6 nitrogen and oxygen atoms in total. The molecule has 0 aromatic carbocycles. The Bertz CT molecular complexity index is 1110. The average Bonchev–Trinajstić information content (AvgIpc) is 3.34. The number of hydrogen-bond acceptors (Lipinski definition) is 5. The summed E-state index contributed by atoms with van der Waals surface area (Å²) < 4.78 is 5.67. The van der Waals surface area contributed by atoms with Crippen LogP contribution in [0.4, 0.5) is 10.5 Å². The molecule has 1 aromatic rings. The lowest BCUT2D eigenvalue weighted by atomic mass is 10.1. The molecule has 214 valence electrons. The van der Waals surface area contributed by atoms with E-state index in [0.29, 0.717) is 47.3 Å². The average molecular weight is 595 g/mol. The van der Waals surface area contributed by atoms with Gasteiger partial charge in [-0.1, -0.05) is 67.9 Å². The monoisotopic (exact) mass is 593 g/mol. The maximum absolute atomic E-state index is 12.6. The van der Waals surface area contributed by atoms with E-state index in [-0.39, 0.29) is 12.0 Å². The highest BCUT2D eigenvalue weighted by Gasteiger charge is 2.23. The summed E-state index contributed by atoms with van der Waals surface area (Å²) in [5, 5.41) is 8.43. The van der Waals surface area contributed by atoms with E-state index in [1.54, 1.807) is 18.2 Å². The number of piperidine rings is 1. The fourth-order valence-corrected chi connectivity index (χ4v) is 5.03.